The van der Waals surface area contributed by atoms with Crippen molar-refractivity contribution < 1.29 is 33.4 Å². The Hall–Kier alpha value is -3.95. The molecule has 0 unspecified atom stereocenters. The number of hydrogen-bond donors (Lipinski definition) is 1. The molecule has 2 aromatic rings. The molecule has 0 bridgehead atoms. The number of carbonyl (C=O) groups is 4. The maximum atomic E-state index is 12.9. The van der Waals surface area contributed by atoms with Crippen LogP contribution in [-0.4, -0.2) is 46.3 Å². The van der Waals surface area contributed by atoms with Crippen LogP contribution >= 0.6 is 0 Å². The molecule has 1 aromatic carbocycles. The number of β-lactam (4-membered cyclic amide) rings is 1. The van der Waals surface area contributed by atoms with Gasteiger partial charge in [0.15, 0.2) is 0 Å². The topological polar surface area (TPSA) is 124 Å². The number of hydrogen-bond acceptors (Lipinski definition) is 8. The van der Waals surface area contributed by atoms with E-state index >= 15 is 0 Å². The van der Waals surface area contributed by atoms with Crippen molar-refractivity contribution in [3.8, 4) is 0 Å². The van der Waals surface area contributed by atoms with Crippen LogP contribution < -0.4 is 10.2 Å². The Morgan fingerprint density at radius 3 is 2.05 bits per heavy atom. The first kappa shape index (κ1) is 27.6. The van der Waals surface area contributed by atoms with Crippen LogP contribution in [0.4, 0.5) is 15.4 Å². The Balaban J connectivity index is 1.76. The van der Waals surface area contributed by atoms with Crippen molar-refractivity contribution in [2.75, 3.05) is 4.90 Å². The minimum absolute atomic E-state index is 0.0241. The lowest BCUT2D eigenvalue weighted by atomic mass is 9.85. The van der Waals surface area contributed by atoms with E-state index in [0.717, 1.165) is 5.56 Å². The summed E-state index contributed by atoms with van der Waals surface area (Å²) in [6.07, 6.45) is -0.320. The normalized spacial score (nSPS) is 17.2. The van der Waals surface area contributed by atoms with Crippen LogP contribution in [0.5, 0.6) is 0 Å². The largest absolute Gasteiger partial charge is 0.459 e. The zero-order chi connectivity index (χ0) is 27.4. The summed E-state index contributed by atoms with van der Waals surface area (Å²) < 4.78 is 16.2. The van der Waals surface area contributed by atoms with Crippen molar-refractivity contribution >= 4 is 29.9 Å². The molecule has 10 nitrogen and oxygen atoms in total. The zero-order valence-electron chi connectivity index (χ0n) is 21.9. The highest BCUT2D eigenvalue weighted by Gasteiger charge is 2.45. The van der Waals surface area contributed by atoms with Crippen molar-refractivity contribution in [2.45, 2.75) is 71.8 Å². The number of rotatable bonds is 6. The molecule has 1 saturated heterocycles. The molecule has 37 heavy (non-hydrogen) atoms. The first-order valence-corrected chi connectivity index (χ1v) is 12.0. The number of amides is 3. The van der Waals surface area contributed by atoms with Gasteiger partial charge in [-0.05, 0) is 71.2 Å². The number of nitrogens with one attached hydrogen (secondary N) is 1. The average Bonchev–Trinajstić information content (AvgIpc) is 2.78. The summed E-state index contributed by atoms with van der Waals surface area (Å²) in [5.41, 5.74) is -0.317. The summed E-state index contributed by atoms with van der Waals surface area (Å²) in [7, 11) is 0. The Labute approximate surface area is 216 Å². The van der Waals surface area contributed by atoms with Crippen LogP contribution in [-0.2, 0) is 36.8 Å². The van der Waals surface area contributed by atoms with E-state index < -0.39 is 41.3 Å². The van der Waals surface area contributed by atoms with Crippen LogP contribution in [0.3, 0.4) is 0 Å². The minimum atomic E-state index is -0.949. The van der Waals surface area contributed by atoms with Gasteiger partial charge in [0.1, 0.15) is 29.7 Å². The molecule has 0 saturated carbocycles. The number of benzene rings is 1. The molecule has 1 aliphatic heterocycles. The zero-order valence-corrected chi connectivity index (χ0v) is 21.9. The average molecular weight is 512 g/mol. The van der Waals surface area contributed by atoms with Crippen LogP contribution in [0, 0.1) is 5.92 Å². The number of pyridine rings is 1. The van der Waals surface area contributed by atoms with E-state index in [1.807, 2.05) is 30.3 Å². The summed E-state index contributed by atoms with van der Waals surface area (Å²) >= 11 is 0. The summed E-state index contributed by atoms with van der Waals surface area (Å²) in [4.78, 5) is 55.6. The van der Waals surface area contributed by atoms with E-state index in [0.29, 0.717) is 10.5 Å². The third kappa shape index (κ3) is 7.77. The van der Waals surface area contributed by atoms with E-state index in [9.17, 15) is 19.2 Å². The molecule has 1 N–H and O–H groups in total. The molecule has 1 aromatic heterocycles. The second-order valence-corrected chi connectivity index (χ2v) is 10.7. The number of anilines is 1. The molecule has 1 aliphatic rings. The quantitative estimate of drug-likeness (QED) is 0.348. The smallest absolute Gasteiger partial charge is 0.425 e. The van der Waals surface area contributed by atoms with E-state index in [2.05, 4.69) is 10.3 Å². The molecule has 0 spiro atoms. The van der Waals surface area contributed by atoms with Crippen LogP contribution in [0.1, 0.15) is 52.7 Å². The molecule has 10 heteroatoms. The Bertz CT molecular complexity index is 1120. The second-order valence-electron chi connectivity index (χ2n) is 10.7. The molecule has 2 heterocycles. The molecular weight excluding hydrogens is 478 g/mol. The lowest BCUT2D eigenvalue weighted by Crippen LogP contribution is -2.63. The first-order valence-electron chi connectivity index (χ1n) is 12.0. The first-order chi connectivity index (χ1) is 17.2. The number of imide groups is 1. The van der Waals surface area contributed by atoms with Gasteiger partial charge in [0, 0.05) is 6.20 Å². The molecule has 0 radical (unpaired) electrons. The van der Waals surface area contributed by atoms with E-state index in [1.54, 1.807) is 47.6 Å². The SMILES string of the molecule is CC(C)(C)OC(=O)N(C(=O)OC(C)(C)C)c1cc(C[C@H]2C(=O)N[C@@H]2C(=O)OCc2ccccc2)ccn1. The number of nitrogens with zero attached hydrogens (tertiary/aromatic N) is 2. The van der Waals surface area contributed by atoms with E-state index in [1.165, 1.54) is 12.3 Å². The maximum Gasteiger partial charge on any atom is 0.425 e. The van der Waals surface area contributed by atoms with Gasteiger partial charge in [-0.1, -0.05) is 30.3 Å². The summed E-state index contributed by atoms with van der Waals surface area (Å²) in [5.74, 6) is -1.53. The predicted molar refractivity (Wildman–Crippen MR) is 135 cm³/mol. The number of esters is 1. The highest BCUT2D eigenvalue weighted by Crippen LogP contribution is 2.25. The second kappa shape index (κ2) is 11.0. The van der Waals surface area contributed by atoms with Crippen molar-refractivity contribution in [2.24, 2.45) is 5.92 Å². The Kier molecular flexibility index (Phi) is 8.20. The van der Waals surface area contributed by atoms with Gasteiger partial charge in [-0.15, -0.1) is 0 Å². The highest BCUT2D eigenvalue weighted by atomic mass is 16.6. The number of aromatic nitrogens is 1. The lowest BCUT2D eigenvalue weighted by Gasteiger charge is -2.35. The third-order valence-corrected chi connectivity index (χ3v) is 5.16. The van der Waals surface area contributed by atoms with Gasteiger partial charge < -0.3 is 19.5 Å². The number of carbonyl (C=O) groups excluding carboxylic acids is 4. The van der Waals surface area contributed by atoms with Crippen molar-refractivity contribution in [1.29, 1.82) is 0 Å². The lowest BCUT2D eigenvalue weighted by molar-refractivity contribution is -0.158. The summed E-state index contributed by atoms with van der Waals surface area (Å²) in [6.45, 7) is 10.1. The molecule has 1 fully saturated rings. The summed E-state index contributed by atoms with van der Waals surface area (Å²) in [6, 6.07) is 11.6. The fraction of sp³-hybridized carbons (Fsp3) is 0.444. The predicted octanol–water partition coefficient (Wildman–Crippen LogP) is 4.16. The molecule has 198 valence electrons. The molecule has 2 atom stereocenters. The van der Waals surface area contributed by atoms with Crippen molar-refractivity contribution in [1.82, 2.24) is 10.3 Å². The van der Waals surface area contributed by atoms with Gasteiger partial charge in [0.05, 0.1) is 5.92 Å². The fourth-order valence-corrected chi connectivity index (χ4v) is 3.51. The maximum absolute atomic E-state index is 12.9. The molecule has 0 aliphatic carbocycles. The standard InChI is InChI=1S/C27H33N3O7/c1-26(2,3)36-24(33)30(25(34)37-27(4,5)6)20-15-18(12-13-28-20)14-19-21(29-22(19)31)23(32)35-16-17-10-8-7-9-11-17/h7-13,15,19,21H,14,16H2,1-6H3,(H,29,31)/t19-,21+/m1/s1. The fourth-order valence-electron chi connectivity index (χ4n) is 3.51. The Morgan fingerprint density at radius 1 is 0.919 bits per heavy atom. The van der Waals surface area contributed by atoms with Crippen LogP contribution in [0.15, 0.2) is 48.7 Å². The van der Waals surface area contributed by atoms with Crippen LogP contribution in [0.2, 0.25) is 0 Å². The Morgan fingerprint density at radius 2 is 1.51 bits per heavy atom. The van der Waals surface area contributed by atoms with Gasteiger partial charge in [0.25, 0.3) is 0 Å². The highest BCUT2D eigenvalue weighted by molar-refractivity contribution is 6.08. The van der Waals surface area contributed by atoms with Crippen LogP contribution in [0.25, 0.3) is 0 Å². The van der Waals surface area contributed by atoms with Gasteiger partial charge in [0.2, 0.25) is 5.91 Å². The van der Waals surface area contributed by atoms with Gasteiger partial charge >= 0.3 is 18.2 Å². The van der Waals surface area contributed by atoms with Gasteiger partial charge in [-0.2, -0.15) is 4.90 Å². The summed E-state index contributed by atoms with van der Waals surface area (Å²) in [5, 5.41) is 2.59. The monoisotopic (exact) mass is 511 g/mol. The van der Waals surface area contributed by atoms with Gasteiger partial charge in [-0.3, -0.25) is 4.79 Å². The molecular formula is C27H33N3O7. The number of ether oxygens (including phenoxy) is 3. The van der Waals surface area contributed by atoms with Crippen molar-refractivity contribution in [3.05, 3.63) is 59.8 Å². The van der Waals surface area contributed by atoms with Crippen molar-refractivity contribution in [3.63, 3.8) is 0 Å². The van der Waals surface area contributed by atoms with Gasteiger partial charge in [-0.25, -0.2) is 19.4 Å². The van der Waals surface area contributed by atoms with E-state index in [4.69, 9.17) is 14.2 Å². The molecule has 3 amide bonds. The minimum Gasteiger partial charge on any atom is -0.459 e. The van der Waals surface area contributed by atoms with E-state index in [-0.39, 0.29) is 24.8 Å². The molecule has 3 rings (SSSR count). The third-order valence-electron chi connectivity index (χ3n) is 5.16.